The van der Waals surface area contributed by atoms with Crippen LogP contribution in [0.25, 0.3) is 0 Å². The van der Waals surface area contributed by atoms with Crippen LogP contribution >= 0.6 is 11.8 Å². The minimum atomic E-state index is -4.39. The Kier molecular flexibility index (Phi) is 5.93. The molecule has 1 N–H and O–H groups in total. The van der Waals surface area contributed by atoms with Gasteiger partial charge in [-0.05, 0) is 29.8 Å². The van der Waals surface area contributed by atoms with Gasteiger partial charge in [0.05, 0.1) is 25.5 Å². The molecule has 9 heteroatoms. The number of hydrogen-bond acceptors (Lipinski definition) is 4. The molecule has 1 unspecified atom stereocenters. The van der Waals surface area contributed by atoms with Crippen molar-refractivity contribution in [1.82, 2.24) is 4.90 Å². The van der Waals surface area contributed by atoms with Crippen molar-refractivity contribution in [3.05, 3.63) is 53.6 Å². The van der Waals surface area contributed by atoms with E-state index in [-0.39, 0.29) is 11.4 Å². The summed E-state index contributed by atoms with van der Waals surface area (Å²) in [7, 11) is 3.02. The summed E-state index contributed by atoms with van der Waals surface area (Å²) >= 11 is 1.50. The molecule has 2 aromatic rings. The molecule has 28 heavy (non-hydrogen) atoms. The van der Waals surface area contributed by atoms with Crippen LogP contribution in [0.4, 0.5) is 23.7 Å². The Morgan fingerprint density at radius 2 is 1.86 bits per heavy atom. The summed E-state index contributed by atoms with van der Waals surface area (Å²) in [5.41, 5.74) is 0.418. The van der Waals surface area contributed by atoms with E-state index in [0.717, 1.165) is 12.1 Å². The zero-order valence-corrected chi connectivity index (χ0v) is 16.1. The molecule has 1 atom stereocenters. The molecule has 0 radical (unpaired) electrons. The van der Waals surface area contributed by atoms with Crippen LogP contribution in [0.15, 0.2) is 42.5 Å². The van der Waals surface area contributed by atoms with Crippen LogP contribution in [-0.4, -0.2) is 37.4 Å². The number of rotatable bonds is 4. The van der Waals surface area contributed by atoms with Crippen molar-refractivity contribution in [2.75, 3.05) is 31.8 Å². The Hall–Kier alpha value is -2.55. The van der Waals surface area contributed by atoms with E-state index in [2.05, 4.69) is 5.32 Å². The molecule has 0 saturated carbocycles. The monoisotopic (exact) mass is 412 g/mol. The largest absolute Gasteiger partial charge is 0.497 e. The molecule has 0 aliphatic carbocycles. The molecule has 2 aromatic carbocycles. The minimum Gasteiger partial charge on any atom is -0.497 e. The smallest absolute Gasteiger partial charge is 0.416 e. The number of nitrogens with zero attached hydrogens (tertiary/aromatic N) is 1. The fourth-order valence-corrected chi connectivity index (χ4v) is 4.14. The van der Waals surface area contributed by atoms with Crippen molar-refractivity contribution in [3.8, 4) is 11.5 Å². The van der Waals surface area contributed by atoms with Crippen molar-refractivity contribution in [2.24, 2.45) is 0 Å². The highest BCUT2D eigenvalue weighted by molar-refractivity contribution is 7.99. The average Bonchev–Trinajstić information content (AvgIpc) is 3.17. The molecular weight excluding hydrogens is 393 g/mol. The summed E-state index contributed by atoms with van der Waals surface area (Å²) in [6.07, 6.45) is -4.39. The molecule has 1 fully saturated rings. The second kappa shape index (κ2) is 8.22. The van der Waals surface area contributed by atoms with Crippen LogP contribution in [0, 0.1) is 0 Å². The molecule has 150 valence electrons. The normalized spacial score (nSPS) is 16.8. The first-order chi connectivity index (χ1) is 13.3. The van der Waals surface area contributed by atoms with Crippen LogP contribution in [0.2, 0.25) is 0 Å². The number of alkyl halides is 3. The topological polar surface area (TPSA) is 50.8 Å². The SMILES string of the molecule is COc1ccc(NC(=O)N2CCSC2c2ccc(C(F)(F)F)cc2)c(OC)c1. The van der Waals surface area contributed by atoms with Crippen LogP contribution in [0.3, 0.4) is 0 Å². The number of methoxy groups -OCH3 is 2. The number of halogens is 3. The fourth-order valence-electron chi connectivity index (χ4n) is 2.88. The number of urea groups is 1. The summed E-state index contributed by atoms with van der Waals surface area (Å²) in [5, 5.41) is 2.45. The van der Waals surface area contributed by atoms with Gasteiger partial charge in [0.1, 0.15) is 16.9 Å². The van der Waals surface area contributed by atoms with Crippen LogP contribution in [0.1, 0.15) is 16.5 Å². The zero-order chi connectivity index (χ0) is 20.3. The molecule has 3 rings (SSSR count). The van der Waals surface area contributed by atoms with Gasteiger partial charge < -0.3 is 19.7 Å². The van der Waals surface area contributed by atoms with Gasteiger partial charge in [0, 0.05) is 18.4 Å². The minimum absolute atomic E-state index is 0.349. The summed E-state index contributed by atoms with van der Waals surface area (Å²) in [6.45, 7) is 0.487. The van der Waals surface area contributed by atoms with Gasteiger partial charge in [-0.2, -0.15) is 13.2 Å². The fraction of sp³-hybridized carbons (Fsp3) is 0.316. The highest BCUT2D eigenvalue weighted by Gasteiger charge is 2.33. The Labute approximate surface area is 164 Å². The molecule has 0 aromatic heterocycles. The lowest BCUT2D eigenvalue weighted by Gasteiger charge is -2.25. The lowest BCUT2D eigenvalue weighted by atomic mass is 10.1. The molecule has 0 spiro atoms. The van der Waals surface area contributed by atoms with Crippen LogP contribution in [-0.2, 0) is 6.18 Å². The maximum absolute atomic E-state index is 12.8. The van der Waals surface area contributed by atoms with Gasteiger partial charge >= 0.3 is 12.2 Å². The van der Waals surface area contributed by atoms with Crippen LogP contribution in [0.5, 0.6) is 11.5 Å². The summed E-state index contributed by atoms with van der Waals surface area (Å²) < 4.78 is 48.7. The first-order valence-corrected chi connectivity index (χ1v) is 9.47. The van der Waals surface area contributed by atoms with E-state index in [4.69, 9.17) is 9.47 Å². The number of thioether (sulfide) groups is 1. The summed E-state index contributed by atoms with van der Waals surface area (Å²) in [4.78, 5) is 14.4. The second-order valence-electron chi connectivity index (χ2n) is 6.03. The van der Waals surface area contributed by atoms with Crippen molar-refractivity contribution in [3.63, 3.8) is 0 Å². The van der Waals surface area contributed by atoms with Crippen molar-refractivity contribution < 1.29 is 27.4 Å². The molecule has 1 aliphatic heterocycles. The number of ether oxygens (including phenoxy) is 2. The summed E-state index contributed by atoms with van der Waals surface area (Å²) in [6, 6.07) is 9.59. The average molecular weight is 412 g/mol. The maximum atomic E-state index is 12.8. The van der Waals surface area contributed by atoms with E-state index >= 15 is 0 Å². The first-order valence-electron chi connectivity index (χ1n) is 8.42. The van der Waals surface area contributed by atoms with Gasteiger partial charge in [-0.25, -0.2) is 4.79 Å². The lowest BCUT2D eigenvalue weighted by molar-refractivity contribution is -0.137. The van der Waals surface area contributed by atoms with Gasteiger partial charge in [0.25, 0.3) is 0 Å². The van der Waals surface area contributed by atoms with Gasteiger partial charge in [0.15, 0.2) is 0 Å². The van der Waals surface area contributed by atoms with Crippen molar-refractivity contribution in [1.29, 1.82) is 0 Å². The van der Waals surface area contributed by atoms with Crippen molar-refractivity contribution >= 4 is 23.5 Å². The Balaban J connectivity index is 1.76. The summed E-state index contributed by atoms with van der Waals surface area (Å²) in [5.74, 6) is 1.73. The van der Waals surface area contributed by atoms with E-state index in [9.17, 15) is 18.0 Å². The Bertz CT molecular complexity index is 843. The van der Waals surface area contributed by atoms with Gasteiger partial charge in [-0.1, -0.05) is 12.1 Å². The van der Waals surface area contributed by atoms with E-state index < -0.39 is 11.7 Å². The van der Waals surface area contributed by atoms with E-state index in [1.54, 1.807) is 23.1 Å². The molecular formula is C19H19F3N2O3S. The number of amides is 2. The Morgan fingerprint density at radius 1 is 1.14 bits per heavy atom. The quantitative estimate of drug-likeness (QED) is 0.768. The first kappa shape index (κ1) is 20.2. The number of anilines is 1. The third kappa shape index (κ3) is 4.30. The maximum Gasteiger partial charge on any atom is 0.416 e. The molecule has 5 nitrogen and oxygen atoms in total. The van der Waals surface area contributed by atoms with Gasteiger partial charge in [-0.15, -0.1) is 11.8 Å². The van der Waals surface area contributed by atoms with E-state index in [1.165, 1.54) is 38.1 Å². The number of benzene rings is 2. The van der Waals surface area contributed by atoms with E-state index in [0.29, 0.717) is 35.0 Å². The van der Waals surface area contributed by atoms with Crippen LogP contribution < -0.4 is 14.8 Å². The third-order valence-corrected chi connectivity index (χ3v) is 5.59. The number of hydrogen-bond donors (Lipinski definition) is 1. The van der Waals surface area contributed by atoms with E-state index in [1.807, 2.05) is 0 Å². The second-order valence-corrected chi connectivity index (χ2v) is 7.22. The molecule has 1 heterocycles. The highest BCUT2D eigenvalue weighted by atomic mass is 32.2. The zero-order valence-electron chi connectivity index (χ0n) is 15.2. The molecule has 1 aliphatic rings. The predicted octanol–water partition coefficient (Wildman–Crippen LogP) is 5.00. The molecule has 2 amide bonds. The predicted molar refractivity (Wildman–Crippen MR) is 102 cm³/mol. The number of nitrogens with one attached hydrogen (secondary N) is 1. The standard InChI is InChI=1S/C19H19F3N2O3S/c1-26-14-7-8-15(16(11-14)27-2)23-18(25)24-9-10-28-17(24)12-3-5-13(6-4-12)19(20,21)22/h3-8,11,17H,9-10H2,1-2H3,(H,23,25). The van der Waals surface area contributed by atoms with Crippen molar-refractivity contribution in [2.45, 2.75) is 11.6 Å². The molecule has 0 bridgehead atoms. The van der Waals surface area contributed by atoms with Gasteiger partial charge in [0.2, 0.25) is 0 Å². The third-order valence-electron chi connectivity index (χ3n) is 4.33. The molecule has 1 saturated heterocycles. The number of carbonyl (C=O) groups is 1. The van der Waals surface area contributed by atoms with Gasteiger partial charge in [-0.3, -0.25) is 0 Å². The highest BCUT2D eigenvalue weighted by Crippen LogP contribution is 2.40. The lowest BCUT2D eigenvalue weighted by Crippen LogP contribution is -2.34. The Morgan fingerprint density at radius 3 is 2.46 bits per heavy atom. The number of carbonyl (C=O) groups excluding carboxylic acids is 1.